The Bertz CT molecular complexity index is 700. The van der Waals surface area contributed by atoms with Crippen LogP contribution < -0.4 is 10.5 Å². The molecular weight excluding hydrogens is 362 g/mol. The molecule has 0 radical (unpaired) electrons. The largest absolute Gasteiger partial charge is 0.398 e. The Labute approximate surface area is 130 Å². The normalized spacial score (nSPS) is 11.7. The summed E-state index contributed by atoms with van der Waals surface area (Å²) < 4.78 is 27.8. The van der Waals surface area contributed by atoms with Gasteiger partial charge in [0.05, 0.1) is 9.90 Å². The second-order valence-corrected chi connectivity index (χ2v) is 7.78. The van der Waals surface area contributed by atoms with Crippen molar-refractivity contribution in [2.24, 2.45) is 0 Å². The third-order valence-electron chi connectivity index (χ3n) is 2.70. The van der Waals surface area contributed by atoms with Gasteiger partial charge in [0.15, 0.2) is 0 Å². The Hall–Kier alpha value is -0.960. The Balaban J connectivity index is 2.12. The van der Waals surface area contributed by atoms with Crippen molar-refractivity contribution in [2.75, 3.05) is 12.3 Å². The fraction of sp³-hybridized carbons (Fsp3) is 0.250. The number of sulfonamides is 1. The number of nitrogens with one attached hydrogen (secondary N) is 1. The first kappa shape index (κ1) is 15.4. The van der Waals surface area contributed by atoms with Crippen LogP contribution in [-0.2, 0) is 16.4 Å². The summed E-state index contributed by atoms with van der Waals surface area (Å²) in [5.41, 5.74) is 6.79. The molecule has 0 spiro atoms. The molecule has 0 atom stereocenters. The zero-order chi connectivity index (χ0) is 14.8. The predicted octanol–water partition coefficient (Wildman–Crippen LogP) is 2.32. The molecule has 1 aromatic heterocycles. The molecule has 0 saturated heterocycles. The highest BCUT2D eigenvalue weighted by Gasteiger charge is 2.18. The van der Waals surface area contributed by atoms with Gasteiger partial charge in [0, 0.05) is 34.7 Å². The Morgan fingerprint density at radius 3 is 2.85 bits per heavy atom. The summed E-state index contributed by atoms with van der Waals surface area (Å²) >= 11 is 4.78. The van der Waals surface area contributed by atoms with Crippen LogP contribution in [0.5, 0.6) is 0 Å². The predicted molar refractivity (Wildman–Crippen MR) is 84.3 cm³/mol. The number of hydrogen-bond acceptors (Lipinski definition) is 5. The Kier molecular flexibility index (Phi) is 4.79. The van der Waals surface area contributed by atoms with Crippen molar-refractivity contribution in [3.63, 3.8) is 0 Å². The maximum atomic E-state index is 12.2. The van der Waals surface area contributed by atoms with Gasteiger partial charge in [-0.05, 0) is 40.5 Å². The van der Waals surface area contributed by atoms with Gasteiger partial charge in [-0.2, -0.15) is 0 Å². The lowest BCUT2D eigenvalue weighted by Crippen LogP contribution is -2.26. The van der Waals surface area contributed by atoms with E-state index < -0.39 is 10.0 Å². The van der Waals surface area contributed by atoms with Crippen molar-refractivity contribution >= 4 is 43.0 Å². The number of aromatic nitrogens is 1. The molecule has 8 heteroatoms. The monoisotopic (exact) mass is 375 g/mol. The van der Waals surface area contributed by atoms with Crippen LogP contribution in [0.2, 0.25) is 0 Å². The van der Waals surface area contributed by atoms with Crippen LogP contribution in [0.4, 0.5) is 5.69 Å². The zero-order valence-corrected chi connectivity index (χ0v) is 14.0. The van der Waals surface area contributed by atoms with Crippen LogP contribution in [0.3, 0.4) is 0 Å². The van der Waals surface area contributed by atoms with Crippen LogP contribution in [-0.4, -0.2) is 19.9 Å². The molecule has 0 aliphatic heterocycles. The fourth-order valence-electron chi connectivity index (χ4n) is 1.70. The van der Waals surface area contributed by atoms with Gasteiger partial charge in [0.25, 0.3) is 0 Å². The molecule has 0 aliphatic rings. The smallest absolute Gasteiger partial charge is 0.240 e. The average Bonchev–Trinajstić information content (AvgIpc) is 2.86. The molecule has 1 aromatic carbocycles. The maximum Gasteiger partial charge on any atom is 0.240 e. The van der Waals surface area contributed by atoms with E-state index in [2.05, 4.69) is 25.6 Å². The first-order chi connectivity index (χ1) is 9.40. The van der Waals surface area contributed by atoms with E-state index >= 15 is 0 Å². The Morgan fingerprint density at radius 1 is 1.45 bits per heavy atom. The summed E-state index contributed by atoms with van der Waals surface area (Å²) in [5.74, 6) is 0. The quantitative estimate of drug-likeness (QED) is 0.785. The maximum absolute atomic E-state index is 12.2. The molecule has 2 rings (SSSR count). The van der Waals surface area contributed by atoms with Crippen LogP contribution in [0.25, 0.3) is 0 Å². The first-order valence-electron chi connectivity index (χ1n) is 5.84. The molecule has 0 bridgehead atoms. The van der Waals surface area contributed by atoms with Crippen molar-refractivity contribution in [1.29, 1.82) is 0 Å². The minimum absolute atomic E-state index is 0.206. The molecule has 3 N–H and O–H groups in total. The SMILES string of the molecule is Cc1cc(Br)c(N)cc1S(=O)(=O)NCCc1nccs1. The number of rotatable bonds is 5. The highest BCUT2D eigenvalue weighted by Crippen LogP contribution is 2.26. The number of nitrogen functional groups attached to an aromatic ring is 1. The van der Waals surface area contributed by atoms with E-state index in [1.54, 1.807) is 19.2 Å². The summed E-state index contributed by atoms with van der Waals surface area (Å²) in [6, 6.07) is 3.16. The molecule has 0 unspecified atom stereocenters. The molecule has 0 saturated carbocycles. The fourth-order valence-corrected chi connectivity index (χ4v) is 4.07. The zero-order valence-electron chi connectivity index (χ0n) is 10.8. The minimum atomic E-state index is -3.56. The van der Waals surface area contributed by atoms with E-state index in [1.807, 2.05) is 5.38 Å². The van der Waals surface area contributed by atoms with Gasteiger partial charge in [0.2, 0.25) is 10.0 Å². The second-order valence-electron chi connectivity index (χ2n) is 4.21. The van der Waals surface area contributed by atoms with Crippen LogP contribution >= 0.6 is 27.3 Å². The van der Waals surface area contributed by atoms with E-state index in [-0.39, 0.29) is 4.90 Å². The van der Waals surface area contributed by atoms with Crippen molar-refractivity contribution in [2.45, 2.75) is 18.2 Å². The van der Waals surface area contributed by atoms with E-state index in [4.69, 9.17) is 5.73 Å². The van der Waals surface area contributed by atoms with Crippen molar-refractivity contribution in [3.05, 3.63) is 38.8 Å². The highest BCUT2D eigenvalue weighted by atomic mass is 79.9. The number of halogens is 1. The average molecular weight is 376 g/mol. The second kappa shape index (κ2) is 6.21. The number of aryl methyl sites for hydroxylation is 1. The van der Waals surface area contributed by atoms with Gasteiger partial charge < -0.3 is 5.73 Å². The van der Waals surface area contributed by atoms with Gasteiger partial charge in [-0.3, -0.25) is 0 Å². The van der Waals surface area contributed by atoms with E-state index in [0.29, 0.717) is 28.7 Å². The third kappa shape index (κ3) is 3.57. The van der Waals surface area contributed by atoms with Gasteiger partial charge >= 0.3 is 0 Å². The topological polar surface area (TPSA) is 85.1 Å². The van der Waals surface area contributed by atoms with Gasteiger partial charge in [-0.15, -0.1) is 11.3 Å². The van der Waals surface area contributed by atoms with Crippen molar-refractivity contribution < 1.29 is 8.42 Å². The summed E-state index contributed by atoms with van der Waals surface area (Å²) in [4.78, 5) is 4.32. The standard InChI is InChI=1S/C12H14BrN3O2S2/c1-8-6-9(13)10(14)7-11(8)20(17,18)16-3-2-12-15-4-5-19-12/h4-7,16H,2-3,14H2,1H3. The lowest BCUT2D eigenvalue weighted by atomic mass is 10.2. The molecule has 5 nitrogen and oxygen atoms in total. The molecule has 0 amide bonds. The third-order valence-corrected chi connectivity index (χ3v) is 5.83. The number of thiazole rings is 1. The van der Waals surface area contributed by atoms with Crippen LogP contribution in [0.1, 0.15) is 10.6 Å². The summed E-state index contributed by atoms with van der Waals surface area (Å²) in [5, 5.41) is 2.77. The van der Waals surface area contributed by atoms with Gasteiger partial charge in [-0.1, -0.05) is 0 Å². The molecule has 0 fully saturated rings. The summed E-state index contributed by atoms with van der Waals surface area (Å²) in [6.45, 7) is 2.05. The number of nitrogens with zero attached hydrogens (tertiary/aromatic N) is 1. The highest BCUT2D eigenvalue weighted by molar-refractivity contribution is 9.10. The molecule has 1 heterocycles. The van der Waals surface area contributed by atoms with E-state index in [0.717, 1.165) is 5.01 Å². The molecule has 108 valence electrons. The summed E-state index contributed by atoms with van der Waals surface area (Å²) in [6.07, 6.45) is 2.27. The van der Waals surface area contributed by atoms with E-state index in [1.165, 1.54) is 17.4 Å². The van der Waals surface area contributed by atoms with Crippen LogP contribution in [0, 0.1) is 6.92 Å². The van der Waals surface area contributed by atoms with Gasteiger partial charge in [0.1, 0.15) is 0 Å². The number of anilines is 1. The minimum Gasteiger partial charge on any atom is -0.398 e. The lowest BCUT2D eigenvalue weighted by Gasteiger charge is -2.10. The van der Waals surface area contributed by atoms with Crippen LogP contribution in [0.15, 0.2) is 33.1 Å². The Morgan fingerprint density at radius 2 is 2.20 bits per heavy atom. The number of nitrogens with two attached hydrogens (primary N) is 1. The molecule has 0 aliphatic carbocycles. The van der Waals surface area contributed by atoms with Crippen molar-refractivity contribution in [3.8, 4) is 0 Å². The van der Waals surface area contributed by atoms with E-state index in [9.17, 15) is 8.42 Å². The number of hydrogen-bond donors (Lipinski definition) is 2. The summed E-state index contributed by atoms with van der Waals surface area (Å²) in [7, 11) is -3.56. The molecular formula is C12H14BrN3O2S2. The van der Waals surface area contributed by atoms with Crippen molar-refractivity contribution in [1.82, 2.24) is 9.71 Å². The lowest BCUT2D eigenvalue weighted by molar-refractivity contribution is 0.581. The first-order valence-corrected chi connectivity index (χ1v) is 8.99. The molecule has 2 aromatic rings. The molecule has 20 heavy (non-hydrogen) atoms. The number of benzene rings is 1. The van der Waals surface area contributed by atoms with Gasteiger partial charge in [-0.25, -0.2) is 18.1 Å².